The molecule has 0 aliphatic rings. The molecule has 0 fully saturated rings. The van der Waals surface area contributed by atoms with Crippen molar-refractivity contribution in [3.63, 3.8) is 0 Å². The zero-order chi connectivity index (χ0) is 13.0. The van der Waals surface area contributed by atoms with Crippen LogP contribution in [-0.2, 0) is 6.42 Å². The van der Waals surface area contributed by atoms with Gasteiger partial charge < -0.3 is 4.74 Å². The normalized spacial score (nSPS) is 9.83. The highest BCUT2D eigenvalue weighted by Crippen LogP contribution is 2.27. The van der Waals surface area contributed by atoms with Crippen molar-refractivity contribution >= 4 is 11.6 Å². The van der Waals surface area contributed by atoms with E-state index in [0.717, 1.165) is 5.56 Å². The zero-order valence-corrected chi connectivity index (χ0v) is 10.5. The standard InChI is InChI=1S/C13H10ClN3O/c1-2-11-12(14)16-8-17-13(11)18-10-5-3-9(7-15)4-6-10/h3-6,8H,2H2,1H3. The summed E-state index contributed by atoms with van der Waals surface area (Å²) < 4.78 is 5.64. The molecule has 1 aromatic carbocycles. The van der Waals surface area contributed by atoms with E-state index in [4.69, 9.17) is 21.6 Å². The van der Waals surface area contributed by atoms with Crippen molar-refractivity contribution in [3.8, 4) is 17.7 Å². The van der Waals surface area contributed by atoms with Gasteiger partial charge in [-0.25, -0.2) is 9.97 Å². The van der Waals surface area contributed by atoms with Crippen molar-refractivity contribution in [1.29, 1.82) is 5.26 Å². The van der Waals surface area contributed by atoms with Gasteiger partial charge in [0, 0.05) is 0 Å². The minimum absolute atomic E-state index is 0.399. The van der Waals surface area contributed by atoms with Crippen molar-refractivity contribution in [1.82, 2.24) is 9.97 Å². The zero-order valence-electron chi connectivity index (χ0n) is 9.72. The fourth-order valence-electron chi connectivity index (χ4n) is 1.47. The molecule has 0 saturated carbocycles. The predicted molar refractivity (Wildman–Crippen MR) is 67.7 cm³/mol. The van der Waals surface area contributed by atoms with Crippen molar-refractivity contribution < 1.29 is 4.74 Å². The number of ether oxygens (including phenoxy) is 1. The molecule has 0 N–H and O–H groups in total. The molecule has 0 saturated heterocycles. The lowest BCUT2D eigenvalue weighted by molar-refractivity contribution is 0.455. The lowest BCUT2D eigenvalue weighted by Gasteiger charge is -2.09. The summed E-state index contributed by atoms with van der Waals surface area (Å²) in [6.45, 7) is 1.95. The second-order valence-corrected chi connectivity index (χ2v) is 3.90. The van der Waals surface area contributed by atoms with Gasteiger partial charge in [-0.1, -0.05) is 18.5 Å². The summed E-state index contributed by atoms with van der Waals surface area (Å²) in [6, 6.07) is 8.85. The first-order chi connectivity index (χ1) is 8.74. The van der Waals surface area contributed by atoms with Crippen molar-refractivity contribution in [2.75, 3.05) is 0 Å². The van der Waals surface area contributed by atoms with Gasteiger partial charge in [0.15, 0.2) is 0 Å². The van der Waals surface area contributed by atoms with Crippen molar-refractivity contribution in [3.05, 3.63) is 46.9 Å². The van der Waals surface area contributed by atoms with Gasteiger partial charge in [-0.05, 0) is 30.7 Å². The molecule has 2 aromatic rings. The average Bonchev–Trinajstić information content (AvgIpc) is 2.40. The van der Waals surface area contributed by atoms with Crippen LogP contribution < -0.4 is 4.74 Å². The quantitative estimate of drug-likeness (QED) is 0.793. The van der Waals surface area contributed by atoms with E-state index in [-0.39, 0.29) is 0 Å². The van der Waals surface area contributed by atoms with Gasteiger partial charge in [-0.2, -0.15) is 5.26 Å². The highest BCUT2D eigenvalue weighted by atomic mass is 35.5. The molecule has 0 aliphatic carbocycles. The first-order valence-electron chi connectivity index (χ1n) is 5.42. The maximum atomic E-state index is 8.71. The van der Waals surface area contributed by atoms with Gasteiger partial charge >= 0.3 is 0 Å². The lowest BCUT2D eigenvalue weighted by Crippen LogP contribution is -1.96. The fourth-order valence-corrected chi connectivity index (χ4v) is 1.73. The SMILES string of the molecule is CCc1c(Cl)ncnc1Oc1ccc(C#N)cc1. The van der Waals surface area contributed by atoms with Gasteiger partial charge in [-0.15, -0.1) is 0 Å². The molecule has 0 amide bonds. The number of nitrogens with zero attached hydrogens (tertiary/aromatic N) is 3. The topological polar surface area (TPSA) is 58.8 Å². The van der Waals surface area contributed by atoms with Crippen LogP contribution in [0.2, 0.25) is 5.15 Å². The largest absolute Gasteiger partial charge is 0.439 e. The molecule has 2 rings (SSSR count). The van der Waals surface area contributed by atoms with Crippen LogP contribution >= 0.6 is 11.6 Å². The number of hydrogen-bond donors (Lipinski definition) is 0. The maximum absolute atomic E-state index is 8.71. The summed E-state index contributed by atoms with van der Waals surface area (Å²) in [5.74, 6) is 1.06. The summed E-state index contributed by atoms with van der Waals surface area (Å²) in [6.07, 6.45) is 2.05. The van der Waals surface area contributed by atoms with E-state index >= 15 is 0 Å². The molecule has 0 unspecified atom stereocenters. The van der Waals surface area contributed by atoms with Gasteiger partial charge in [0.05, 0.1) is 17.2 Å². The molecule has 0 atom stereocenters. The van der Waals surface area contributed by atoms with Crippen LogP contribution in [0.15, 0.2) is 30.6 Å². The first kappa shape index (κ1) is 12.3. The van der Waals surface area contributed by atoms with Gasteiger partial charge in [0.1, 0.15) is 17.2 Å². The molecule has 90 valence electrons. The molecule has 18 heavy (non-hydrogen) atoms. The van der Waals surface area contributed by atoms with Crippen LogP contribution in [0.1, 0.15) is 18.1 Å². The van der Waals surface area contributed by atoms with Crippen LogP contribution in [0.3, 0.4) is 0 Å². The van der Waals surface area contributed by atoms with E-state index in [9.17, 15) is 0 Å². The Morgan fingerprint density at radius 2 is 2.00 bits per heavy atom. The summed E-state index contributed by atoms with van der Waals surface area (Å²) in [4.78, 5) is 7.98. The lowest BCUT2D eigenvalue weighted by atomic mass is 10.2. The van der Waals surface area contributed by atoms with E-state index < -0.39 is 0 Å². The predicted octanol–water partition coefficient (Wildman–Crippen LogP) is 3.36. The van der Waals surface area contributed by atoms with E-state index in [1.54, 1.807) is 24.3 Å². The molecule has 0 spiro atoms. The number of rotatable bonds is 3. The van der Waals surface area contributed by atoms with Gasteiger partial charge in [0.2, 0.25) is 5.88 Å². The smallest absolute Gasteiger partial charge is 0.226 e. The first-order valence-corrected chi connectivity index (χ1v) is 5.79. The highest BCUT2D eigenvalue weighted by Gasteiger charge is 2.10. The third kappa shape index (κ3) is 2.58. The van der Waals surface area contributed by atoms with Crippen molar-refractivity contribution in [2.24, 2.45) is 0 Å². The second-order valence-electron chi connectivity index (χ2n) is 3.54. The van der Waals surface area contributed by atoms with E-state index in [2.05, 4.69) is 9.97 Å². The molecular formula is C13H10ClN3O. The third-order valence-electron chi connectivity index (χ3n) is 2.40. The fraction of sp³-hybridized carbons (Fsp3) is 0.154. The summed E-state index contributed by atoms with van der Waals surface area (Å²) in [5.41, 5.74) is 1.35. The molecule has 0 radical (unpaired) electrons. The highest BCUT2D eigenvalue weighted by molar-refractivity contribution is 6.30. The van der Waals surface area contributed by atoms with Crippen LogP contribution in [0.4, 0.5) is 0 Å². The maximum Gasteiger partial charge on any atom is 0.226 e. The van der Waals surface area contributed by atoms with E-state index in [1.165, 1.54) is 6.33 Å². The van der Waals surface area contributed by atoms with Gasteiger partial charge in [0.25, 0.3) is 0 Å². The molecule has 0 aliphatic heterocycles. The molecule has 1 heterocycles. The number of halogens is 1. The Morgan fingerprint density at radius 3 is 2.61 bits per heavy atom. The Labute approximate surface area is 110 Å². The van der Waals surface area contributed by atoms with Crippen LogP contribution in [0.5, 0.6) is 11.6 Å². The molecular weight excluding hydrogens is 250 g/mol. The molecule has 5 heteroatoms. The summed E-state index contributed by atoms with van der Waals surface area (Å²) in [7, 11) is 0. The molecule has 1 aromatic heterocycles. The number of hydrogen-bond acceptors (Lipinski definition) is 4. The van der Waals surface area contributed by atoms with E-state index in [0.29, 0.717) is 28.8 Å². The second kappa shape index (κ2) is 5.48. The number of aromatic nitrogens is 2. The van der Waals surface area contributed by atoms with Crippen LogP contribution in [-0.4, -0.2) is 9.97 Å². The van der Waals surface area contributed by atoms with Crippen LogP contribution in [0.25, 0.3) is 0 Å². The monoisotopic (exact) mass is 259 g/mol. The Kier molecular flexibility index (Phi) is 3.75. The van der Waals surface area contributed by atoms with Gasteiger partial charge in [-0.3, -0.25) is 0 Å². The van der Waals surface area contributed by atoms with E-state index in [1.807, 2.05) is 13.0 Å². The Hall–Kier alpha value is -2.12. The van der Waals surface area contributed by atoms with Crippen molar-refractivity contribution in [2.45, 2.75) is 13.3 Å². The molecule has 4 nitrogen and oxygen atoms in total. The minimum Gasteiger partial charge on any atom is -0.439 e. The average molecular weight is 260 g/mol. The number of nitriles is 1. The Morgan fingerprint density at radius 1 is 1.28 bits per heavy atom. The summed E-state index contributed by atoms with van der Waals surface area (Å²) >= 11 is 5.97. The number of benzene rings is 1. The van der Waals surface area contributed by atoms with Crippen LogP contribution in [0, 0.1) is 11.3 Å². The third-order valence-corrected chi connectivity index (χ3v) is 2.73. The summed E-state index contributed by atoms with van der Waals surface area (Å²) in [5, 5.41) is 9.11. The Bertz CT molecular complexity index is 590. The Balaban J connectivity index is 2.28. The minimum atomic E-state index is 0.399. The molecule has 0 bridgehead atoms.